The molecule has 0 atom stereocenters. The number of carbonyl (C=O) groups excluding carboxylic acids is 3. The van der Waals surface area contributed by atoms with Gasteiger partial charge < -0.3 is 57.2 Å². The first-order chi connectivity index (χ1) is 21.6. The second-order valence-electron chi connectivity index (χ2n) is 9.99. The Kier molecular flexibility index (Phi) is 28.8. The summed E-state index contributed by atoms with van der Waals surface area (Å²) in [5.74, 6) is -3.65. The highest BCUT2D eigenvalue weighted by atomic mass is 16.6. The van der Waals surface area contributed by atoms with Gasteiger partial charge in [0, 0.05) is 6.42 Å². The Balaban J connectivity index is 3.18. The van der Waals surface area contributed by atoms with Gasteiger partial charge in [0.15, 0.2) is 0 Å². The van der Waals surface area contributed by atoms with Crippen molar-refractivity contribution in [1.29, 1.82) is 0 Å². The molecule has 0 amide bonds. The lowest BCUT2D eigenvalue weighted by Crippen LogP contribution is -2.27. The molecule has 1 N–H and O–H groups in total. The van der Waals surface area contributed by atoms with Gasteiger partial charge in [0.2, 0.25) is 5.78 Å². The summed E-state index contributed by atoms with van der Waals surface area (Å²) in [7, 11) is 0. The molecule has 0 aromatic heterocycles. The minimum absolute atomic E-state index is 0.00930. The monoisotopic (exact) mass is 656 g/mol. The smallest absolute Gasteiger partial charge is 0.372 e. The first-order valence-corrected chi connectivity index (χ1v) is 14.9. The highest BCUT2D eigenvalue weighted by Crippen LogP contribution is 2.06. The molecule has 0 spiro atoms. The number of ether oxygens (including phenoxy) is 11. The third kappa shape index (κ3) is 34.4. The van der Waals surface area contributed by atoms with Crippen molar-refractivity contribution in [3.63, 3.8) is 0 Å². The maximum absolute atomic E-state index is 11.5. The largest absolute Gasteiger partial charge is 0.476 e. The van der Waals surface area contributed by atoms with Gasteiger partial charge in [0.1, 0.15) is 18.8 Å². The topological polar surface area (TPSA) is 190 Å². The number of rotatable bonds is 33. The number of Topliss-reactive ketones (excluding diaryl/α,β-unsaturated/α-hetero) is 1. The van der Waals surface area contributed by atoms with Crippen molar-refractivity contribution in [3.05, 3.63) is 0 Å². The van der Waals surface area contributed by atoms with E-state index >= 15 is 0 Å². The van der Waals surface area contributed by atoms with Crippen molar-refractivity contribution in [2.75, 3.05) is 126 Å². The summed E-state index contributed by atoms with van der Waals surface area (Å²) in [6.07, 6.45) is -0.667. The molecule has 16 heteroatoms. The molecule has 0 radical (unpaired) electrons. The van der Waals surface area contributed by atoms with Crippen LogP contribution >= 0.6 is 0 Å². The van der Waals surface area contributed by atoms with Crippen LogP contribution in [0.4, 0.5) is 0 Å². The molecule has 0 aliphatic heterocycles. The molecule has 0 aromatic rings. The van der Waals surface area contributed by atoms with Gasteiger partial charge in [-0.2, -0.15) is 0 Å². The minimum Gasteiger partial charge on any atom is -0.476 e. The Morgan fingerprint density at radius 3 is 1.07 bits per heavy atom. The van der Waals surface area contributed by atoms with Crippen LogP contribution in [-0.2, 0) is 71.3 Å². The standard InChI is InChI=1S/C29H52O16/c1-29(2,3)45-27(32)24-43-21-20-41-17-16-39-13-12-37-9-8-35-6-7-36-10-11-38-14-15-40-18-19-42-22-23-44-26(31)5-4-25(30)28(33)34/h4-24H2,1-3H3,(H,33,34). The highest BCUT2D eigenvalue weighted by Gasteiger charge is 2.16. The van der Waals surface area contributed by atoms with E-state index in [-0.39, 0.29) is 32.7 Å². The highest BCUT2D eigenvalue weighted by molar-refractivity contribution is 6.32. The number of carbonyl (C=O) groups is 4. The van der Waals surface area contributed by atoms with Crippen LogP contribution in [0.3, 0.4) is 0 Å². The third-order valence-electron chi connectivity index (χ3n) is 4.90. The van der Waals surface area contributed by atoms with Gasteiger partial charge in [-0.05, 0) is 20.8 Å². The molecule has 0 fully saturated rings. The van der Waals surface area contributed by atoms with Crippen molar-refractivity contribution in [1.82, 2.24) is 0 Å². The molecule has 0 rings (SSSR count). The van der Waals surface area contributed by atoms with E-state index in [0.29, 0.717) is 106 Å². The zero-order chi connectivity index (χ0) is 33.4. The molecule has 0 aromatic carbocycles. The minimum atomic E-state index is -1.57. The zero-order valence-corrected chi connectivity index (χ0v) is 26.9. The van der Waals surface area contributed by atoms with Crippen molar-refractivity contribution < 1.29 is 76.4 Å². The van der Waals surface area contributed by atoms with Gasteiger partial charge in [0.25, 0.3) is 0 Å². The summed E-state index contributed by atoms with van der Waals surface area (Å²) in [6.45, 7) is 12.0. The van der Waals surface area contributed by atoms with E-state index in [9.17, 15) is 19.2 Å². The molecule has 45 heavy (non-hydrogen) atoms. The molecule has 0 unspecified atom stereocenters. The molecular weight excluding hydrogens is 604 g/mol. The number of hydrogen-bond acceptors (Lipinski definition) is 15. The molecule has 264 valence electrons. The quantitative estimate of drug-likeness (QED) is 0.0582. The number of carboxylic acids is 1. The number of ketones is 1. The fourth-order valence-corrected chi connectivity index (χ4v) is 2.89. The summed E-state index contributed by atoms with van der Waals surface area (Å²) in [6, 6.07) is 0. The van der Waals surface area contributed by atoms with E-state index in [1.165, 1.54) is 0 Å². The van der Waals surface area contributed by atoms with Crippen LogP contribution in [0.2, 0.25) is 0 Å². The fraction of sp³-hybridized carbons (Fsp3) is 0.862. The Labute approximate surface area is 265 Å². The second-order valence-corrected chi connectivity index (χ2v) is 9.99. The predicted octanol–water partition coefficient (Wildman–Crippen LogP) is 0.455. The molecule has 0 saturated carbocycles. The summed E-state index contributed by atoms with van der Waals surface area (Å²) in [4.78, 5) is 44.1. The lowest BCUT2D eigenvalue weighted by molar-refractivity contribution is -0.160. The summed E-state index contributed by atoms with van der Waals surface area (Å²) in [5, 5.41) is 8.43. The van der Waals surface area contributed by atoms with Gasteiger partial charge in [-0.1, -0.05) is 0 Å². The van der Waals surface area contributed by atoms with Gasteiger partial charge in [-0.25, -0.2) is 9.59 Å². The normalized spacial score (nSPS) is 11.4. The van der Waals surface area contributed by atoms with E-state index in [0.717, 1.165) is 0 Å². The molecule has 0 aliphatic carbocycles. The first kappa shape index (κ1) is 42.7. The lowest BCUT2D eigenvalue weighted by atomic mass is 10.2. The second kappa shape index (κ2) is 30.4. The number of hydrogen-bond donors (Lipinski definition) is 1. The summed E-state index contributed by atoms with van der Waals surface area (Å²) in [5.41, 5.74) is -0.523. The van der Waals surface area contributed by atoms with Crippen LogP contribution in [0.5, 0.6) is 0 Å². The Morgan fingerprint density at radius 2 is 0.756 bits per heavy atom. The van der Waals surface area contributed by atoms with E-state index < -0.39 is 29.3 Å². The van der Waals surface area contributed by atoms with Crippen LogP contribution in [0.15, 0.2) is 0 Å². The number of carboxylic acid groups (broad SMARTS) is 1. The fourth-order valence-electron chi connectivity index (χ4n) is 2.89. The third-order valence-corrected chi connectivity index (χ3v) is 4.90. The Bertz CT molecular complexity index is 755. The number of aliphatic carboxylic acids is 1. The summed E-state index contributed by atoms with van der Waals surface area (Å²) >= 11 is 0. The van der Waals surface area contributed by atoms with Crippen LogP contribution < -0.4 is 0 Å². The Hall–Kier alpha value is -2.28. The van der Waals surface area contributed by atoms with Gasteiger partial charge in [-0.15, -0.1) is 0 Å². The van der Waals surface area contributed by atoms with Gasteiger partial charge in [0.05, 0.1) is 119 Å². The number of esters is 2. The maximum atomic E-state index is 11.5. The van der Waals surface area contributed by atoms with Crippen molar-refractivity contribution in [2.45, 2.75) is 39.2 Å². The average molecular weight is 657 g/mol. The predicted molar refractivity (Wildman–Crippen MR) is 156 cm³/mol. The van der Waals surface area contributed by atoms with E-state index in [1.54, 1.807) is 20.8 Å². The van der Waals surface area contributed by atoms with E-state index in [2.05, 4.69) is 0 Å². The first-order valence-electron chi connectivity index (χ1n) is 14.9. The SMILES string of the molecule is CC(C)(C)OC(=O)COCCOCCOCCOCCOCCOCCOCCOCCOCCOC(=O)CCC(=O)C(=O)O. The Morgan fingerprint density at radius 1 is 0.444 bits per heavy atom. The van der Waals surface area contributed by atoms with Crippen molar-refractivity contribution in [2.24, 2.45) is 0 Å². The van der Waals surface area contributed by atoms with Crippen LogP contribution in [0.1, 0.15) is 33.6 Å². The van der Waals surface area contributed by atoms with Crippen molar-refractivity contribution >= 4 is 23.7 Å². The van der Waals surface area contributed by atoms with E-state index in [1.807, 2.05) is 0 Å². The van der Waals surface area contributed by atoms with Gasteiger partial charge in [-0.3, -0.25) is 9.59 Å². The van der Waals surface area contributed by atoms with Crippen LogP contribution in [0, 0.1) is 0 Å². The van der Waals surface area contributed by atoms with Crippen LogP contribution in [-0.4, -0.2) is 160 Å². The molecule has 0 bridgehead atoms. The molecule has 0 heterocycles. The molecule has 0 saturated heterocycles. The maximum Gasteiger partial charge on any atom is 0.372 e. The molecular formula is C29H52O16. The van der Waals surface area contributed by atoms with Gasteiger partial charge >= 0.3 is 17.9 Å². The zero-order valence-electron chi connectivity index (χ0n) is 26.9. The lowest BCUT2D eigenvalue weighted by Gasteiger charge is -2.19. The molecule has 0 aliphatic rings. The summed E-state index contributed by atoms with van der Waals surface area (Å²) < 4.78 is 58.2. The molecule has 16 nitrogen and oxygen atoms in total. The average Bonchev–Trinajstić information content (AvgIpc) is 2.98. The van der Waals surface area contributed by atoms with Crippen LogP contribution in [0.25, 0.3) is 0 Å². The van der Waals surface area contributed by atoms with E-state index in [4.69, 9.17) is 57.2 Å². The van der Waals surface area contributed by atoms with Crippen molar-refractivity contribution in [3.8, 4) is 0 Å².